The van der Waals surface area contributed by atoms with Crippen molar-refractivity contribution in [2.24, 2.45) is 5.92 Å². The summed E-state index contributed by atoms with van der Waals surface area (Å²) in [5.74, 6) is -0.799. The molecule has 0 aromatic heterocycles. The number of hydrogen-bond acceptors (Lipinski definition) is 4. The zero-order valence-electron chi connectivity index (χ0n) is 18.1. The Hall–Kier alpha value is -2.71. The van der Waals surface area contributed by atoms with Gasteiger partial charge >= 0.3 is 0 Å². The topological polar surface area (TPSA) is 95.6 Å². The molecule has 7 nitrogen and oxygen atoms in total. The first kappa shape index (κ1) is 23.0. The third kappa shape index (κ3) is 5.51. The maximum absolute atomic E-state index is 12.7. The van der Waals surface area contributed by atoms with E-state index >= 15 is 0 Å². The fourth-order valence-corrected chi connectivity index (χ4v) is 4.53. The average molecular weight is 444 g/mol. The van der Waals surface area contributed by atoms with Crippen molar-refractivity contribution in [3.63, 3.8) is 0 Å². The number of benzene rings is 2. The molecular weight excluding hydrogens is 414 g/mol. The van der Waals surface area contributed by atoms with E-state index < -0.39 is 15.9 Å². The van der Waals surface area contributed by atoms with Gasteiger partial charge in [0.15, 0.2) is 0 Å². The molecule has 0 spiro atoms. The predicted octanol–water partition coefficient (Wildman–Crippen LogP) is 3.37. The minimum absolute atomic E-state index is 0.0806. The van der Waals surface area contributed by atoms with Gasteiger partial charge in [-0.3, -0.25) is 9.59 Å². The summed E-state index contributed by atoms with van der Waals surface area (Å²) in [6.45, 7) is 6.71. The van der Waals surface area contributed by atoms with Crippen LogP contribution in [0.5, 0.6) is 0 Å². The van der Waals surface area contributed by atoms with Gasteiger partial charge in [-0.1, -0.05) is 19.4 Å². The molecule has 1 heterocycles. The van der Waals surface area contributed by atoms with Gasteiger partial charge in [-0.2, -0.15) is 0 Å². The Morgan fingerprint density at radius 1 is 1.10 bits per heavy atom. The highest BCUT2D eigenvalue weighted by Gasteiger charge is 2.35. The average Bonchev–Trinajstić information content (AvgIpc) is 3.12. The number of sulfonamides is 1. The summed E-state index contributed by atoms with van der Waals surface area (Å²) in [7, 11) is -3.56. The molecule has 0 radical (unpaired) electrons. The summed E-state index contributed by atoms with van der Waals surface area (Å²) >= 11 is 0. The number of unbranched alkanes of at least 4 members (excludes halogenated alkanes) is 1. The van der Waals surface area contributed by atoms with Crippen molar-refractivity contribution in [2.75, 3.05) is 23.3 Å². The van der Waals surface area contributed by atoms with Crippen molar-refractivity contribution in [1.82, 2.24) is 4.72 Å². The fourth-order valence-electron chi connectivity index (χ4n) is 3.45. The van der Waals surface area contributed by atoms with E-state index in [0.29, 0.717) is 18.8 Å². The van der Waals surface area contributed by atoms with E-state index in [-0.39, 0.29) is 23.1 Å². The second kappa shape index (κ2) is 9.62. The van der Waals surface area contributed by atoms with E-state index in [1.807, 2.05) is 39.0 Å². The third-order valence-electron chi connectivity index (χ3n) is 5.55. The van der Waals surface area contributed by atoms with Crippen molar-refractivity contribution in [2.45, 2.75) is 44.9 Å². The second-order valence-corrected chi connectivity index (χ2v) is 9.71. The standard InChI is InChI=1S/C23H29N3O4S/c1-4-5-12-24-31(29,30)21-10-7-19(8-11-21)25-23(28)18-14-22(27)26(15-18)20-9-6-16(2)17(3)13-20/h6-11,13,18,24H,4-5,12,14-15H2,1-3H3,(H,25,28). The molecule has 1 saturated heterocycles. The van der Waals surface area contributed by atoms with Crippen LogP contribution in [-0.2, 0) is 19.6 Å². The Bertz CT molecular complexity index is 1060. The molecule has 166 valence electrons. The Balaban J connectivity index is 1.62. The molecule has 1 unspecified atom stereocenters. The number of carbonyl (C=O) groups is 2. The van der Waals surface area contributed by atoms with E-state index in [1.54, 1.807) is 17.0 Å². The van der Waals surface area contributed by atoms with Crippen LogP contribution in [0.3, 0.4) is 0 Å². The maximum atomic E-state index is 12.7. The van der Waals surface area contributed by atoms with Gasteiger partial charge in [0.25, 0.3) is 0 Å². The van der Waals surface area contributed by atoms with Crippen LogP contribution in [0.2, 0.25) is 0 Å². The highest BCUT2D eigenvalue weighted by atomic mass is 32.2. The van der Waals surface area contributed by atoms with Crippen LogP contribution < -0.4 is 14.9 Å². The van der Waals surface area contributed by atoms with Crippen molar-refractivity contribution >= 4 is 33.2 Å². The molecule has 0 saturated carbocycles. The van der Waals surface area contributed by atoms with E-state index in [0.717, 1.165) is 29.7 Å². The lowest BCUT2D eigenvalue weighted by molar-refractivity contribution is -0.122. The second-order valence-electron chi connectivity index (χ2n) is 7.94. The molecule has 1 aliphatic rings. The quantitative estimate of drug-likeness (QED) is 0.612. The van der Waals surface area contributed by atoms with Gasteiger partial charge in [-0.15, -0.1) is 0 Å². The lowest BCUT2D eigenvalue weighted by Crippen LogP contribution is -2.28. The van der Waals surface area contributed by atoms with Crippen LogP contribution in [0.1, 0.15) is 37.3 Å². The Labute approximate surface area is 183 Å². The maximum Gasteiger partial charge on any atom is 0.240 e. The lowest BCUT2D eigenvalue weighted by atomic mass is 10.1. The monoisotopic (exact) mass is 443 g/mol. The van der Waals surface area contributed by atoms with Crippen LogP contribution in [0.25, 0.3) is 0 Å². The van der Waals surface area contributed by atoms with Crippen molar-refractivity contribution in [3.8, 4) is 0 Å². The van der Waals surface area contributed by atoms with Gasteiger partial charge < -0.3 is 10.2 Å². The van der Waals surface area contributed by atoms with E-state index in [2.05, 4.69) is 10.0 Å². The van der Waals surface area contributed by atoms with Gasteiger partial charge in [0.2, 0.25) is 21.8 Å². The molecule has 2 amide bonds. The minimum atomic E-state index is -3.56. The van der Waals surface area contributed by atoms with Crippen LogP contribution >= 0.6 is 0 Å². The van der Waals surface area contributed by atoms with Crippen molar-refractivity contribution < 1.29 is 18.0 Å². The lowest BCUT2D eigenvalue weighted by Gasteiger charge is -2.18. The minimum Gasteiger partial charge on any atom is -0.326 e. The summed E-state index contributed by atoms with van der Waals surface area (Å²) in [4.78, 5) is 27.0. The van der Waals surface area contributed by atoms with Gasteiger partial charge in [-0.25, -0.2) is 13.1 Å². The molecule has 1 atom stereocenters. The van der Waals surface area contributed by atoms with Gasteiger partial charge in [0, 0.05) is 30.9 Å². The van der Waals surface area contributed by atoms with Crippen LogP contribution in [0, 0.1) is 19.8 Å². The van der Waals surface area contributed by atoms with Crippen molar-refractivity contribution in [1.29, 1.82) is 0 Å². The number of amides is 2. The largest absolute Gasteiger partial charge is 0.326 e. The Morgan fingerprint density at radius 2 is 1.81 bits per heavy atom. The van der Waals surface area contributed by atoms with Crippen LogP contribution in [0.15, 0.2) is 47.4 Å². The zero-order chi connectivity index (χ0) is 22.6. The van der Waals surface area contributed by atoms with Crippen molar-refractivity contribution in [3.05, 3.63) is 53.6 Å². The number of nitrogens with zero attached hydrogens (tertiary/aromatic N) is 1. The summed E-state index contributed by atoms with van der Waals surface area (Å²) in [6, 6.07) is 11.9. The number of anilines is 2. The highest BCUT2D eigenvalue weighted by Crippen LogP contribution is 2.27. The number of nitrogens with one attached hydrogen (secondary N) is 2. The molecule has 0 aliphatic carbocycles. The molecule has 1 aliphatic heterocycles. The Morgan fingerprint density at radius 3 is 2.45 bits per heavy atom. The predicted molar refractivity (Wildman–Crippen MR) is 122 cm³/mol. The molecular formula is C23H29N3O4S. The van der Waals surface area contributed by atoms with E-state index in [9.17, 15) is 18.0 Å². The summed E-state index contributed by atoms with van der Waals surface area (Å²) in [6.07, 6.45) is 1.82. The molecule has 2 N–H and O–H groups in total. The van der Waals surface area contributed by atoms with Gasteiger partial charge in [-0.05, 0) is 67.8 Å². The van der Waals surface area contributed by atoms with E-state index in [1.165, 1.54) is 12.1 Å². The molecule has 2 aromatic carbocycles. The highest BCUT2D eigenvalue weighted by molar-refractivity contribution is 7.89. The molecule has 8 heteroatoms. The van der Waals surface area contributed by atoms with Crippen LogP contribution in [0.4, 0.5) is 11.4 Å². The normalized spacial score (nSPS) is 16.5. The van der Waals surface area contributed by atoms with Gasteiger partial charge in [0.05, 0.1) is 10.8 Å². The first-order valence-electron chi connectivity index (χ1n) is 10.5. The first-order chi connectivity index (χ1) is 14.7. The number of aryl methyl sites for hydroxylation is 2. The fraction of sp³-hybridized carbons (Fsp3) is 0.391. The number of hydrogen-bond donors (Lipinski definition) is 2. The zero-order valence-corrected chi connectivity index (χ0v) is 19.0. The first-order valence-corrected chi connectivity index (χ1v) is 12.0. The molecule has 31 heavy (non-hydrogen) atoms. The molecule has 3 rings (SSSR count). The van der Waals surface area contributed by atoms with Crippen LogP contribution in [-0.4, -0.2) is 33.3 Å². The molecule has 0 bridgehead atoms. The smallest absolute Gasteiger partial charge is 0.240 e. The Kier molecular flexibility index (Phi) is 7.12. The SMILES string of the molecule is CCCCNS(=O)(=O)c1ccc(NC(=O)C2CC(=O)N(c3ccc(C)c(C)c3)C2)cc1. The summed E-state index contributed by atoms with van der Waals surface area (Å²) in [5.41, 5.74) is 3.54. The third-order valence-corrected chi connectivity index (χ3v) is 7.03. The molecule has 2 aromatic rings. The van der Waals surface area contributed by atoms with E-state index in [4.69, 9.17) is 0 Å². The van der Waals surface area contributed by atoms with Gasteiger partial charge in [0.1, 0.15) is 0 Å². The molecule has 1 fully saturated rings. The number of rotatable bonds is 8. The number of carbonyl (C=O) groups excluding carboxylic acids is 2. The summed E-state index contributed by atoms with van der Waals surface area (Å²) < 4.78 is 27.1. The summed E-state index contributed by atoms with van der Waals surface area (Å²) in [5, 5.41) is 2.79.